The Balaban J connectivity index is 2.12. The van der Waals surface area contributed by atoms with Crippen molar-refractivity contribution in [2.45, 2.75) is 49.3 Å². The Morgan fingerprint density at radius 3 is 2.23 bits per heavy atom. The maximum Gasteiger partial charge on any atom is 0.326 e. The SMILES string of the molecule is N[C@H](C[C@@]1(C(=O)O)CC[C@H](C[C@@H](NC(=O)c2cc(Cl)c(O)c(Cl)c2)C(=O)O)N1)C(=O)O. The monoisotopic (exact) mass is 477 g/mol. The van der Waals surface area contributed by atoms with Crippen molar-refractivity contribution < 1.29 is 39.6 Å². The van der Waals surface area contributed by atoms with Crippen LogP contribution in [0.1, 0.15) is 36.0 Å². The minimum atomic E-state index is -1.62. The second-order valence-electron chi connectivity index (χ2n) is 7.30. The van der Waals surface area contributed by atoms with E-state index in [4.69, 9.17) is 34.0 Å². The highest BCUT2D eigenvalue weighted by molar-refractivity contribution is 6.37. The molecule has 1 aromatic rings. The van der Waals surface area contributed by atoms with Crippen LogP contribution < -0.4 is 16.4 Å². The standard InChI is InChI=1S/C18H21Cl2N3O8/c19-9-3-7(4-10(20)13(9)24)14(25)22-12(16(28)29)5-8-1-2-18(23-8,17(30)31)6-11(21)15(26)27/h3-4,8,11-12,23-24H,1-2,5-6,21H2,(H,22,25)(H,26,27)(H,28,29)(H,30,31)/t8-,11-,12-,18-/m1/s1. The molecule has 0 radical (unpaired) electrons. The van der Waals surface area contributed by atoms with Crippen molar-refractivity contribution in [3.8, 4) is 5.75 Å². The number of carbonyl (C=O) groups is 4. The number of rotatable bonds is 9. The summed E-state index contributed by atoms with van der Waals surface area (Å²) in [4.78, 5) is 46.9. The van der Waals surface area contributed by atoms with Crippen molar-refractivity contribution >= 4 is 47.0 Å². The highest BCUT2D eigenvalue weighted by atomic mass is 35.5. The van der Waals surface area contributed by atoms with Crippen molar-refractivity contribution in [2.24, 2.45) is 5.73 Å². The van der Waals surface area contributed by atoms with Gasteiger partial charge in [0.15, 0.2) is 5.75 Å². The van der Waals surface area contributed by atoms with Crippen LogP contribution in [-0.2, 0) is 14.4 Å². The second-order valence-corrected chi connectivity index (χ2v) is 8.12. The molecule has 1 aromatic carbocycles. The van der Waals surface area contributed by atoms with Gasteiger partial charge in [0, 0.05) is 18.0 Å². The molecule has 1 fully saturated rings. The van der Waals surface area contributed by atoms with Crippen LogP contribution in [0.3, 0.4) is 0 Å². The summed E-state index contributed by atoms with van der Waals surface area (Å²) < 4.78 is 0. The maximum atomic E-state index is 12.4. The molecule has 1 saturated heterocycles. The molecule has 170 valence electrons. The number of aliphatic carboxylic acids is 3. The number of aromatic hydroxyl groups is 1. The van der Waals surface area contributed by atoms with E-state index in [0.717, 1.165) is 12.1 Å². The molecule has 0 spiro atoms. The summed E-state index contributed by atoms with van der Waals surface area (Å²) in [6.45, 7) is 0. The van der Waals surface area contributed by atoms with Gasteiger partial charge in [-0.05, 0) is 31.4 Å². The van der Waals surface area contributed by atoms with Gasteiger partial charge in [0.25, 0.3) is 5.91 Å². The molecule has 0 saturated carbocycles. The van der Waals surface area contributed by atoms with Gasteiger partial charge in [-0.2, -0.15) is 0 Å². The van der Waals surface area contributed by atoms with Crippen LogP contribution in [0.2, 0.25) is 10.0 Å². The normalized spacial score (nSPS) is 22.5. The van der Waals surface area contributed by atoms with Crippen LogP contribution >= 0.6 is 23.2 Å². The minimum absolute atomic E-state index is 0.0391. The minimum Gasteiger partial charge on any atom is -0.505 e. The van der Waals surface area contributed by atoms with Crippen LogP contribution in [0.4, 0.5) is 0 Å². The fraction of sp³-hybridized carbons (Fsp3) is 0.444. The molecule has 4 atom stereocenters. The molecule has 0 unspecified atom stereocenters. The number of hydrogen-bond acceptors (Lipinski definition) is 7. The highest BCUT2D eigenvalue weighted by Crippen LogP contribution is 2.33. The lowest BCUT2D eigenvalue weighted by Gasteiger charge is -2.28. The first-order valence-corrected chi connectivity index (χ1v) is 9.83. The number of halogens is 2. The van der Waals surface area contributed by atoms with E-state index in [1.54, 1.807) is 0 Å². The molecule has 1 aliphatic rings. The first-order valence-electron chi connectivity index (χ1n) is 9.07. The van der Waals surface area contributed by atoms with Gasteiger partial charge in [-0.25, -0.2) is 4.79 Å². The van der Waals surface area contributed by atoms with E-state index in [1.807, 2.05) is 0 Å². The highest BCUT2D eigenvalue weighted by Gasteiger charge is 2.47. The van der Waals surface area contributed by atoms with Crippen molar-refractivity contribution in [3.63, 3.8) is 0 Å². The summed E-state index contributed by atoms with van der Waals surface area (Å²) in [7, 11) is 0. The molecule has 13 heteroatoms. The van der Waals surface area contributed by atoms with E-state index in [1.165, 1.54) is 0 Å². The zero-order valence-corrected chi connectivity index (χ0v) is 17.5. The molecule has 1 heterocycles. The number of nitrogens with one attached hydrogen (secondary N) is 2. The Bertz CT molecular complexity index is 889. The summed E-state index contributed by atoms with van der Waals surface area (Å²) in [6.07, 6.45) is -0.284. The van der Waals surface area contributed by atoms with Crippen LogP contribution in [0, 0.1) is 0 Å². The van der Waals surface area contributed by atoms with E-state index in [-0.39, 0.29) is 41.3 Å². The molecule has 0 aromatic heterocycles. The summed E-state index contributed by atoms with van der Waals surface area (Å²) in [5.41, 5.74) is 3.79. The van der Waals surface area contributed by atoms with Gasteiger partial charge in [-0.1, -0.05) is 23.2 Å². The number of phenolic OH excluding ortho intramolecular Hbond substituents is 1. The fourth-order valence-corrected chi connectivity index (χ4v) is 3.94. The summed E-state index contributed by atoms with van der Waals surface area (Å²) >= 11 is 11.6. The van der Waals surface area contributed by atoms with Gasteiger partial charge in [0.05, 0.1) is 10.0 Å². The smallest absolute Gasteiger partial charge is 0.326 e. The first-order chi connectivity index (χ1) is 14.4. The Labute approximate surface area is 186 Å². The van der Waals surface area contributed by atoms with Gasteiger partial charge in [0.1, 0.15) is 17.6 Å². The topological polar surface area (TPSA) is 199 Å². The first kappa shape index (κ1) is 24.7. The number of nitrogens with two attached hydrogens (primary N) is 1. The van der Waals surface area contributed by atoms with Gasteiger partial charge in [0.2, 0.25) is 0 Å². The van der Waals surface area contributed by atoms with E-state index >= 15 is 0 Å². The third-order valence-corrected chi connectivity index (χ3v) is 5.67. The number of carboxylic acids is 3. The Morgan fingerprint density at radius 2 is 1.74 bits per heavy atom. The number of hydrogen-bond donors (Lipinski definition) is 7. The lowest BCUT2D eigenvalue weighted by atomic mass is 9.89. The van der Waals surface area contributed by atoms with Crippen molar-refractivity contribution in [2.75, 3.05) is 0 Å². The van der Waals surface area contributed by atoms with Gasteiger partial charge < -0.3 is 31.5 Å². The molecule has 8 N–H and O–H groups in total. The van der Waals surface area contributed by atoms with Crippen LogP contribution in [0.15, 0.2) is 12.1 Å². The van der Waals surface area contributed by atoms with Crippen molar-refractivity contribution in [1.82, 2.24) is 10.6 Å². The lowest BCUT2D eigenvalue weighted by molar-refractivity contribution is -0.146. The number of amides is 1. The summed E-state index contributed by atoms with van der Waals surface area (Å²) in [5, 5.41) is 42.3. The predicted octanol–water partition coefficient (Wildman–Crippen LogP) is 0.650. The van der Waals surface area contributed by atoms with E-state index in [0.29, 0.717) is 0 Å². The molecule has 1 aliphatic heterocycles. The molecular weight excluding hydrogens is 457 g/mol. The average molecular weight is 478 g/mol. The van der Waals surface area contributed by atoms with E-state index < -0.39 is 53.2 Å². The summed E-state index contributed by atoms with van der Waals surface area (Å²) in [5.74, 6) is -5.24. The molecular formula is C18H21Cl2N3O8. The molecule has 2 rings (SSSR count). The Kier molecular flexibility index (Phi) is 7.71. The van der Waals surface area contributed by atoms with Crippen molar-refractivity contribution in [1.29, 1.82) is 0 Å². The largest absolute Gasteiger partial charge is 0.505 e. The second kappa shape index (κ2) is 9.69. The van der Waals surface area contributed by atoms with Crippen LogP contribution in [-0.4, -0.2) is 67.9 Å². The van der Waals surface area contributed by atoms with Gasteiger partial charge in [-0.15, -0.1) is 0 Å². The quantitative estimate of drug-likeness (QED) is 0.264. The summed E-state index contributed by atoms with van der Waals surface area (Å²) in [6, 6.07) is -1.21. The van der Waals surface area contributed by atoms with Gasteiger partial charge in [-0.3, -0.25) is 19.7 Å². The lowest BCUT2D eigenvalue weighted by Crippen LogP contribution is -2.55. The molecule has 0 aliphatic carbocycles. The fourth-order valence-electron chi connectivity index (χ4n) is 3.46. The third kappa shape index (κ3) is 5.76. The maximum absolute atomic E-state index is 12.4. The number of carbonyl (C=O) groups excluding carboxylic acids is 1. The van der Waals surface area contributed by atoms with E-state index in [2.05, 4.69) is 10.6 Å². The van der Waals surface area contributed by atoms with Gasteiger partial charge >= 0.3 is 17.9 Å². The Hall–Kier alpha value is -2.60. The van der Waals surface area contributed by atoms with Crippen molar-refractivity contribution in [3.05, 3.63) is 27.7 Å². The Morgan fingerprint density at radius 1 is 1.16 bits per heavy atom. The van der Waals surface area contributed by atoms with Crippen LogP contribution in [0.25, 0.3) is 0 Å². The third-order valence-electron chi connectivity index (χ3n) is 5.10. The van der Waals surface area contributed by atoms with Crippen LogP contribution in [0.5, 0.6) is 5.75 Å². The molecule has 31 heavy (non-hydrogen) atoms. The molecule has 0 bridgehead atoms. The average Bonchev–Trinajstić information content (AvgIpc) is 3.08. The zero-order valence-electron chi connectivity index (χ0n) is 16.0. The molecule has 11 nitrogen and oxygen atoms in total. The predicted molar refractivity (Wildman–Crippen MR) is 108 cm³/mol. The zero-order chi connectivity index (χ0) is 23.5. The number of carboxylic acid groups (broad SMARTS) is 3. The number of benzene rings is 1. The van der Waals surface area contributed by atoms with E-state index in [9.17, 15) is 34.5 Å². The number of phenols is 1. The molecule has 1 amide bonds.